The van der Waals surface area contributed by atoms with Crippen LogP contribution >= 0.6 is 11.6 Å². The monoisotopic (exact) mass is 397 g/mol. The first-order chi connectivity index (χ1) is 12.2. The van der Waals surface area contributed by atoms with Crippen LogP contribution < -0.4 is 11.5 Å². The fourth-order valence-corrected chi connectivity index (χ4v) is 4.85. The van der Waals surface area contributed by atoms with Crippen molar-refractivity contribution in [2.24, 2.45) is 16.5 Å². The van der Waals surface area contributed by atoms with Crippen LogP contribution in [0.25, 0.3) is 10.8 Å². The van der Waals surface area contributed by atoms with Gasteiger partial charge in [-0.1, -0.05) is 17.7 Å². The Hall–Kier alpha value is -2.43. The third-order valence-corrected chi connectivity index (χ3v) is 6.33. The zero-order chi connectivity index (χ0) is 19.1. The van der Waals surface area contributed by atoms with Crippen LogP contribution in [0.5, 0.6) is 0 Å². The van der Waals surface area contributed by atoms with Gasteiger partial charge < -0.3 is 16.6 Å². The Bertz CT molecular complexity index is 1020. The largest absolute Gasteiger partial charge is 0.480 e. The van der Waals surface area contributed by atoms with Gasteiger partial charge in [0.05, 0.1) is 9.92 Å². The van der Waals surface area contributed by atoms with E-state index in [9.17, 15) is 18.3 Å². The number of pyridine rings is 1. The van der Waals surface area contributed by atoms with Gasteiger partial charge >= 0.3 is 5.97 Å². The maximum absolute atomic E-state index is 12.9. The Morgan fingerprint density at radius 2 is 2.08 bits per heavy atom. The van der Waals surface area contributed by atoms with E-state index in [1.807, 2.05) is 0 Å². The summed E-state index contributed by atoms with van der Waals surface area (Å²) in [5, 5.41) is 10.4. The first kappa shape index (κ1) is 18.4. The number of aliphatic carboxylic acids is 1. The molecule has 9 nitrogen and oxygen atoms in total. The topological polar surface area (TPSA) is 152 Å². The van der Waals surface area contributed by atoms with Crippen molar-refractivity contribution in [2.45, 2.75) is 23.8 Å². The van der Waals surface area contributed by atoms with E-state index in [0.29, 0.717) is 22.2 Å². The third-order valence-electron chi connectivity index (χ3n) is 4.12. The molecule has 11 heteroatoms. The Morgan fingerprint density at radius 1 is 1.35 bits per heavy atom. The number of guanidine groups is 1. The lowest BCUT2D eigenvalue weighted by atomic mass is 10.1. The number of carbonyl (C=O) groups is 1. The number of aromatic nitrogens is 1. The van der Waals surface area contributed by atoms with Gasteiger partial charge in [-0.15, -0.1) is 0 Å². The number of carboxylic acids is 1. The molecule has 0 radical (unpaired) electrons. The summed E-state index contributed by atoms with van der Waals surface area (Å²) in [6.07, 6.45) is 2.12. The number of rotatable bonds is 4. The molecule has 0 saturated carbocycles. The molecule has 1 aliphatic rings. The lowest BCUT2D eigenvalue weighted by molar-refractivity contribution is -0.140. The van der Waals surface area contributed by atoms with Gasteiger partial charge in [0, 0.05) is 23.5 Å². The van der Waals surface area contributed by atoms with Gasteiger partial charge in [0.15, 0.2) is 11.8 Å². The molecule has 5 N–H and O–H groups in total. The number of hydrogen-bond donors (Lipinski definition) is 3. The first-order valence-corrected chi connectivity index (χ1v) is 9.46. The summed E-state index contributed by atoms with van der Waals surface area (Å²) >= 11 is 6.11. The molecule has 1 atom stereocenters. The van der Waals surface area contributed by atoms with E-state index in [0.717, 1.165) is 4.31 Å². The fraction of sp³-hybridized carbons (Fsp3) is 0.267. The molecule has 0 spiro atoms. The highest BCUT2D eigenvalue weighted by atomic mass is 35.5. The Labute approximate surface area is 154 Å². The molecule has 1 saturated heterocycles. The Kier molecular flexibility index (Phi) is 4.74. The van der Waals surface area contributed by atoms with Crippen molar-refractivity contribution in [2.75, 3.05) is 6.54 Å². The molecule has 0 bridgehead atoms. The minimum Gasteiger partial charge on any atom is -0.480 e. The van der Waals surface area contributed by atoms with Gasteiger partial charge in [-0.3, -0.25) is 4.79 Å². The van der Waals surface area contributed by atoms with E-state index in [1.54, 1.807) is 0 Å². The fourth-order valence-electron chi connectivity index (χ4n) is 2.96. The molecule has 2 aromatic rings. The van der Waals surface area contributed by atoms with E-state index >= 15 is 0 Å². The second-order valence-electron chi connectivity index (χ2n) is 5.79. The Morgan fingerprint density at radius 3 is 2.73 bits per heavy atom. The van der Waals surface area contributed by atoms with Gasteiger partial charge in [-0.05, 0) is 25.0 Å². The first-order valence-electron chi connectivity index (χ1n) is 7.64. The maximum atomic E-state index is 12.9. The second-order valence-corrected chi connectivity index (χ2v) is 8.08. The zero-order valence-electron chi connectivity index (χ0n) is 13.5. The average Bonchev–Trinajstić information content (AvgIpc) is 3.07. The average molecular weight is 398 g/mol. The molecular formula is C15H16ClN5O4S. The van der Waals surface area contributed by atoms with E-state index in [-0.39, 0.29) is 29.6 Å². The summed E-state index contributed by atoms with van der Waals surface area (Å²) in [5.74, 6) is -1.28. The highest BCUT2D eigenvalue weighted by Crippen LogP contribution is 2.33. The zero-order valence-corrected chi connectivity index (χ0v) is 15.0. The number of nitrogens with zero attached hydrogens (tertiary/aromatic N) is 3. The number of hydrogen-bond acceptors (Lipinski definition) is 5. The van der Waals surface area contributed by atoms with Crippen LogP contribution in [-0.4, -0.2) is 47.3 Å². The summed E-state index contributed by atoms with van der Waals surface area (Å²) in [6.45, 7) is 0.145. The van der Waals surface area contributed by atoms with Gasteiger partial charge in [-0.25, -0.2) is 13.4 Å². The number of fused-ring (bicyclic) bond motifs is 1. The van der Waals surface area contributed by atoms with Crippen molar-refractivity contribution in [3.63, 3.8) is 0 Å². The Balaban J connectivity index is 2.17. The van der Waals surface area contributed by atoms with E-state index < -0.39 is 22.0 Å². The summed E-state index contributed by atoms with van der Waals surface area (Å²) in [7, 11) is -4.01. The molecule has 0 amide bonds. The van der Waals surface area contributed by atoms with Crippen LogP contribution in [0.4, 0.5) is 5.82 Å². The van der Waals surface area contributed by atoms with Crippen LogP contribution in [0.15, 0.2) is 34.3 Å². The number of nitrogens with two attached hydrogens (primary N) is 2. The number of sulfonamides is 1. The highest BCUT2D eigenvalue weighted by Gasteiger charge is 2.39. The lowest BCUT2D eigenvalue weighted by Gasteiger charge is -2.21. The maximum Gasteiger partial charge on any atom is 0.322 e. The van der Waals surface area contributed by atoms with Crippen molar-refractivity contribution >= 4 is 50.1 Å². The molecule has 138 valence electrons. The molecule has 1 aromatic heterocycles. The molecule has 1 fully saturated rings. The van der Waals surface area contributed by atoms with Crippen LogP contribution in [0.2, 0.25) is 5.02 Å². The highest BCUT2D eigenvalue weighted by molar-refractivity contribution is 7.89. The van der Waals surface area contributed by atoms with Crippen LogP contribution in [-0.2, 0) is 14.8 Å². The van der Waals surface area contributed by atoms with Gasteiger partial charge in [0.25, 0.3) is 0 Å². The van der Waals surface area contributed by atoms with E-state index in [2.05, 4.69) is 9.98 Å². The number of halogens is 1. The minimum atomic E-state index is -4.01. The molecule has 1 aromatic carbocycles. The lowest BCUT2D eigenvalue weighted by Crippen LogP contribution is -2.40. The molecule has 2 heterocycles. The van der Waals surface area contributed by atoms with Crippen molar-refractivity contribution in [3.8, 4) is 0 Å². The minimum absolute atomic E-state index is 0.0748. The van der Waals surface area contributed by atoms with Gasteiger partial charge in [0.1, 0.15) is 6.04 Å². The van der Waals surface area contributed by atoms with Crippen LogP contribution in [0, 0.1) is 0 Å². The third kappa shape index (κ3) is 3.18. The summed E-state index contributed by atoms with van der Waals surface area (Å²) in [6, 6.07) is 3.16. The molecule has 26 heavy (non-hydrogen) atoms. The van der Waals surface area contributed by atoms with Crippen LogP contribution in [0.1, 0.15) is 12.8 Å². The number of aliphatic imine (C=N–C) groups is 1. The summed E-state index contributed by atoms with van der Waals surface area (Å²) in [5.41, 5.74) is 10.8. The van der Waals surface area contributed by atoms with Gasteiger partial charge in [0.2, 0.25) is 10.0 Å². The molecule has 0 aliphatic carbocycles. The van der Waals surface area contributed by atoms with Gasteiger partial charge in [-0.2, -0.15) is 9.30 Å². The second kappa shape index (κ2) is 6.71. The SMILES string of the molecule is NC(N)=Nc1ncc(Cl)c2ccc(S(=O)(=O)N3CCC[C@H]3C(=O)O)cc12. The number of benzene rings is 1. The normalized spacial score (nSPS) is 18.1. The van der Waals surface area contributed by atoms with Crippen molar-refractivity contribution in [3.05, 3.63) is 29.4 Å². The van der Waals surface area contributed by atoms with E-state index in [1.165, 1.54) is 24.4 Å². The van der Waals surface area contributed by atoms with E-state index in [4.69, 9.17) is 23.1 Å². The standard InChI is InChI=1S/C15H16ClN5O4S/c16-11-7-19-13(20-15(17)18)10-6-8(3-4-9(10)11)26(24,25)21-5-1-2-12(21)14(22)23/h3-4,6-7,12H,1-2,5H2,(H,22,23)(H4,17,18,19,20)/t12-/m0/s1. The predicted octanol–water partition coefficient (Wildman–Crippen LogP) is 1.03. The van der Waals surface area contributed by atoms with Crippen molar-refractivity contribution < 1.29 is 18.3 Å². The molecule has 0 unspecified atom stereocenters. The summed E-state index contributed by atoms with van der Waals surface area (Å²) in [4.78, 5) is 19.2. The quantitative estimate of drug-likeness (QED) is 0.514. The summed E-state index contributed by atoms with van der Waals surface area (Å²) < 4.78 is 26.9. The van der Waals surface area contributed by atoms with Crippen molar-refractivity contribution in [1.82, 2.24) is 9.29 Å². The number of carboxylic acid groups (broad SMARTS) is 1. The predicted molar refractivity (Wildman–Crippen MR) is 96.8 cm³/mol. The molecule has 3 rings (SSSR count). The van der Waals surface area contributed by atoms with Crippen LogP contribution in [0.3, 0.4) is 0 Å². The molecular weight excluding hydrogens is 382 g/mol. The van der Waals surface area contributed by atoms with Crippen molar-refractivity contribution in [1.29, 1.82) is 0 Å². The molecule has 1 aliphatic heterocycles. The smallest absolute Gasteiger partial charge is 0.322 e.